The summed E-state index contributed by atoms with van der Waals surface area (Å²) in [5.41, 5.74) is 6.82. The molecule has 0 aromatic heterocycles. The molecule has 6 nitrogen and oxygen atoms in total. The van der Waals surface area contributed by atoms with Gasteiger partial charge in [0.05, 0.1) is 0 Å². The van der Waals surface area contributed by atoms with Gasteiger partial charge < -0.3 is 20.6 Å². The number of hydrogen-bond acceptors (Lipinski definition) is 5. The molecule has 0 aliphatic heterocycles. The topological polar surface area (TPSA) is 99.6 Å². The summed E-state index contributed by atoms with van der Waals surface area (Å²) < 4.78 is 9.29. The number of aldehydes is 1. The summed E-state index contributed by atoms with van der Waals surface area (Å²) in [5, 5.41) is 0.116. The molecule has 0 fully saturated rings. The van der Waals surface area contributed by atoms with Crippen LogP contribution < -0.4 is 17.0 Å². The predicted molar refractivity (Wildman–Crippen MR) is 52.6 cm³/mol. The van der Waals surface area contributed by atoms with Crippen molar-refractivity contribution in [2.45, 2.75) is 12.7 Å². The highest BCUT2D eigenvalue weighted by molar-refractivity contribution is 7.80. The van der Waals surface area contributed by atoms with Crippen molar-refractivity contribution in [2.75, 3.05) is 14.2 Å². The molecule has 0 bridgehead atoms. The van der Waals surface area contributed by atoms with Crippen LogP contribution in [0.4, 0.5) is 0 Å². The van der Waals surface area contributed by atoms with Gasteiger partial charge in [0.25, 0.3) is 0 Å². The van der Waals surface area contributed by atoms with E-state index in [1.807, 2.05) is 5.43 Å². The fraction of sp³-hybridized carbons (Fsp3) is 0.667. The number of nitrogens with two attached hydrogens (primary N) is 2. The minimum atomic E-state index is -1.06. The number of ether oxygens (including phenoxy) is 2. The van der Waals surface area contributed by atoms with Gasteiger partial charge in [-0.1, -0.05) is 0 Å². The van der Waals surface area contributed by atoms with Crippen LogP contribution in [0.2, 0.25) is 0 Å². The van der Waals surface area contributed by atoms with Gasteiger partial charge in [0.1, 0.15) is 0 Å². The third-order valence-corrected chi connectivity index (χ3v) is 1.28. The lowest BCUT2D eigenvalue weighted by Crippen LogP contribution is -2.34. The Morgan fingerprint density at radius 2 is 1.85 bits per heavy atom. The maximum absolute atomic E-state index is 10.0. The van der Waals surface area contributed by atoms with E-state index in [9.17, 15) is 4.79 Å². The van der Waals surface area contributed by atoms with E-state index in [0.29, 0.717) is 6.29 Å². The van der Waals surface area contributed by atoms with Crippen LogP contribution in [-0.2, 0) is 14.3 Å². The molecule has 0 saturated carbocycles. The Kier molecular flexibility index (Phi) is 8.92. The van der Waals surface area contributed by atoms with Crippen molar-refractivity contribution < 1.29 is 14.3 Å². The second kappa shape index (κ2) is 7.87. The summed E-state index contributed by atoms with van der Waals surface area (Å²) in [6, 6.07) is 0. The van der Waals surface area contributed by atoms with E-state index in [-0.39, 0.29) is 5.11 Å². The van der Waals surface area contributed by atoms with E-state index >= 15 is 0 Å². The molecule has 0 aromatic carbocycles. The van der Waals surface area contributed by atoms with Crippen molar-refractivity contribution in [3.63, 3.8) is 0 Å². The van der Waals surface area contributed by atoms with Crippen LogP contribution in [-0.4, -0.2) is 31.4 Å². The first-order valence-electron chi connectivity index (χ1n) is 3.28. The molecular weight excluding hydrogens is 194 g/mol. The van der Waals surface area contributed by atoms with Gasteiger partial charge in [-0.2, -0.15) is 0 Å². The van der Waals surface area contributed by atoms with Gasteiger partial charge in [0, 0.05) is 14.2 Å². The molecule has 0 spiro atoms. The molecule has 7 heteroatoms. The smallest absolute Gasteiger partial charge is 0.222 e. The Labute approximate surface area is 82.5 Å². The number of hydrogen-bond donors (Lipinski definition) is 3. The highest BCUT2D eigenvalue weighted by Crippen LogP contribution is 2.03. The molecule has 0 heterocycles. The Balaban J connectivity index is 0. The van der Waals surface area contributed by atoms with Crippen molar-refractivity contribution in [3.8, 4) is 0 Å². The monoisotopic (exact) mass is 209 g/mol. The zero-order valence-corrected chi connectivity index (χ0v) is 8.68. The Morgan fingerprint density at radius 1 is 1.54 bits per heavy atom. The number of methoxy groups -OCH3 is 2. The number of hydrazine groups is 1. The highest BCUT2D eigenvalue weighted by Gasteiger charge is 2.20. The maximum atomic E-state index is 10.0. The van der Waals surface area contributed by atoms with Crippen LogP contribution in [0.5, 0.6) is 0 Å². The predicted octanol–water partition coefficient (Wildman–Crippen LogP) is -1.11. The standard InChI is InChI=1S/C5H10O3.CH5N3S/c1-5(4-6,7-2)8-3;2-1(5)4-3/h4H,1-3H3;3H2,(H3,2,4,5). The molecule has 0 saturated heterocycles. The van der Waals surface area contributed by atoms with Crippen molar-refractivity contribution in [1.29, 1.82) is 0 Å². The molecule has 0 unspecified atom stereocenters. The molecule has 78 valence electrons. The van der Waals surface area contributed by atoms with Gasteiger partial charge in [0.15, 0.2) is 11.4 Å². The molecule has 0 atom stereocenters. The third-order valence-electron chi connectivity index (χ3n) is 1.17. The summed E-state index contributed by atoms with van der Waals surface area (Å²) in [6.45, 7) is 1.54. The number of carbonyl (C=O) groups is 1. The van der Waals surface area contributed by atoms with E-state index in [0.717, 1.165) is 0 Å². The summed E-state index contributed by atoms with van der Waals surface area (Å²) in [5.74, 6) is 3.60. The summed E-state index contributed by atoms with van der Waals surface area (Å²) >= 11 is 4.24. The molecular formula is C6H15N3O3S. The highest BCUT2D eigenvalue weighted by atomic mass is 32.1. The first-order valence-corrected chi connectivity index (χ1v) is 3.69. The quantitative estimate of drug-likeness (QED) is 0.178. The van der Waals surface area contributed by atoms with Gasteiger partial charge in [-0.15, -0.1) is 0 Å². The van der Waals surface area contributed by atoms with E-state index in [2.05, 4.69) is 27.5 Å². The van der Waals surface area contributed by atoms with Gasteiger partial charge in [0.2, 0.25) is 5.79 Å². The van der Waals surface area contributed by atoms with Crippen molar-refractivity contribution in [1.82, 2.24) is 5.43 Å². The van der Waals surface area contributed by atoms with Gasteiger partial charge in [-0.25, -0.2) is 5.84 Å². The van der Waals surface area contributed by atoms with Crippen molar-refractivity contribution in [3.05, 3.63) is 0 Å². The molecule has 0 aliphatic rings. The van der Waals surface area contributed by atoms with Crippen LogP contribution in [0.1, 0.15) is 6.92 Å². The van der Waals surface area contributed by atoms with Crippen LogP contribution in [0.15, 0.2) is 0 Å². The van der Waals surface area contributed by atoms with Crippen LogP contribution in [0.25, 0.3) is 0 Å². The Morgan fingerprint density at radius 3 is 1.85 bits per heavy atom. The van der Waals surface area contributed by atoms with E-state index in [4.69, 9.17) is 5.73 Å². The van der Waals surface area contributed by atoms with Crippen molar-refractivity contribution in [2.24, 2.45) is 11.6 Å². The summed E-state index contributed by atoms with van der Waals surface area (Å²) in [7, 11) is 2.83. The largest absolute Gasteiger partial charge is 0.375 e. The minimum Gasteiger partial charge on any atom is -0.375 e. The lowest BCUT2D eigenvalue weighted by Gasteiger charge is -2.17. The molecule has 13 heavy (non-hydrogen) atoms. The van der Waals surface area contributed by atoms with Gasteiger partial charge >= 0.3 is 0 Å². The van der Waals surface area contributed by atoms with Crippen LogP contribution in [0, 0.1) is 0 Å². The Bertz CT molecular complexity index is 161. The van der Waals surface area contributed by atoms with E-state index in [1.165, 1.54) is 14.2 Å². The average molecular weight is 209 g/mol. The number of carbonyl (C=O) groups excluding carboxylic acids is 1. The first-order chi connectivity index (χ1) is 5.95. The number of thiocarbonyl (C=S) groups is 1. The van der Waals surface area contributed by atoms with E-state index < -0.39 is 5.79 Å². The molecule has 0 amide bonds. The zero-order chi connectivity index (χ0) is 10.9. The SMILES string of the molecule is COC(C)(C=O)OC.NNC(N)=S. The number of nitrogens with one attached hydrogen (secondary N) is 1. The lowest BCUT2D eigenvalue weighted by molar-refractivity contribution is -0.186. The fourth-order valence-electron chi connectivity index (χ4n) is 0.180. The zero-order valence-electron chi connectivity index (χ0n) is 7.87. The van der Waals surface area contributed by atoms with Crippen LogP contribution >= 0.6 is 12.2 Å². The van der Waals surface area contributed by atoms with Crippen LogP contribution in [0.3, 0.4) is 0 Å². The van der Waals surface area contributed by atoms with Crippen molar-refractivity contribution >= 4 is 23.6 Å². The third kappa shape index (κ3) is 9.15. The maximum Gasteiger partial charge on any atom is 0.222 e. The fourth-order valence-corrected chi connectivity index (χ4v) is 0.180. The molecule has 0 radical (unpaired) electrons. The molecule has 0 aliphatic carbocycles. The number of rotatable bonds is 3. The second-order valence-electron chi connectivity index (χ2n) is 2.05. The van der Waals surface area contributed by atoms with Gasteiger partial charge in [-0.3, -0.25) is 4.79 Å². The minimum absolute atomic E-state index is 0.116. The normalized spacial score (nSPS) is 9.54. The molecule has 5 N–H and O–H groups in total. The second-order valence-corrected chi connectivity index (χ2v) is 2.49. The lowest BCUT2D eigenvalue weighted by atomic mass is 10.4. The summed E-state index contributed by atoms with van der Waals surface area (Å²) in [6.07, 6.45) is 0.604. The Hall–Kier alpha value is -0.760. The van der Waals surface area contributed by atoms with E-state index in [1.54, 1.807) is 6.92 Å². The first kappa shape index (κ1) is 14.7. The average Bonchev–Trinajstić information content (AvgIpc) is 2.17. The van der Waals surface area contributed by atoms with Gasteiger partial charge in [-0.05, 0) is 19.1 Å². The molecule has 0 rings (SSSR count). The summed E-state index contributed by atoms with van der Waals surface area (Å²) in [4.78, 5) is 10.0. The molecule has 0 aromatic rings.